The Hall–Kier alpha value is -2.97. The summed E-state index contributed by atoms with van der Waals surface area (Å²) >= 11 is 12.2. The Labute approximate surface area is 245 Å². The molecule has 2 aromatic carbocycles. The van der Waals surface area contributed by atoms with Crippen LogP contribution in [0, 0.1) is 0 Å². The van der Waals surface area contributed by atoms with Gasteiger partial charge in [0.1, 0.15) is 0 Å². The van der Waals surface area contributed by atoms with Crippen LogP contribution in [0.3, 0.4) is 0 Å². The van der Waals surface area contributed by atoms with Crippen LogP contribution in [0.15, 0.2) is 73.3 Å². The molecule has 0 radical (unpaired) electrons. The minimum absolute atomic E-state index is 0.200. The van der Waals surface area contributed by atoms with Gasteiger partial charge in [-0.2, -0.15) is 10.2 Å². The standard InChI is InChI=1S/C31H34Cl2N6O/c1-36(25-11-12-25)19-29(21-15-34-38(17-21)27-7-3-23(32)4-8-27)31(40)30(20-37(2)26-13-14-26)22-16-35-39(18-22)28-9-5-24(33)6-10-28/h3-10,15-18,25-26,29-30H,11-14,19-20H2,1-2H3. The number of likely N-dealkylation sites (N-methyl/N-ethyl adjacent to an activating group) is 2. The zero-order valence-corrected chi connectivity index (χ0v) is 24.3. The minimum atomic E-state index is -0.317. The largest absolute Gasteiger partial charge is 0.302 e. The second-order valence-corrected chi connectivity index (χ2v) is 12.1. The van der Waals surface area contributed by atoms with Crippen LogP contribution in [0.2, 0.25) is 10.0 Å². The summed E-state index contributed by atoms with van der Waals surface area (Å²) in [6.45, 7) is 1.32. The lowest BCUT2D eigenvalue weighted by Gasteiger charge is -2.28. The zero-order chi connectivity index (χ0) is 27.8. The number of carbonyl (C=O) groups excluding carboxylic acids is 1. The fourth-order valence-electron chi connectivity index (χ4n) is 5.37. The van der Waals surface area contributed by atoms with Crippen molar-refractivity contribution in [2.75, 3.05) is 27.2 Å². The van der Waals surface area contributed by atoms with Crippen molar-refractivity contribution >= 4 is 29.0 Å². The van der Waals surface area contributed by atoms with Gasteiger partial charge in [0.2, 0.25) is 0 Å². The molecule has 9 heteroatoms. The minimum Gasteiger partial charge on any atom is -0.302 e. The molecule has 2 aliphatic rings. The molecule has 0 amide bonds. The number of halogens is 2. The first kappa shape index (κ1) is 27.2. The molecular weight excluding hydrogens is 543 g/mol. The van der Waals surface area contributed by atoms with E-state index in [1.54, 1.807) is 0 Å². The van der Waals surface area contributed by atoms with Gasteiger partial charge in [0.05, 0.1) is 35.6 Å². The molecule has 4 aromatic rings. The predicted molar refractivity (Wildman–Crippen MR) is 159 cm³/mol. The van der Waals surface area contributed by atoms with Crippen molar-refractivity contribution in [2.45, 2.75) is 49.6 Å². The quantitative estimate of drug-likeness (QED) is 0.207. The summed E-state index contributed by atoms with van der Waals surface area (Å²) in [5.74, 6) is -0.433. The molecule has 6 rings (SSSR count). The van der Waals surface area contributed by atoms with Crippen LogP contribution in [0.4, 0.5) is 0 Å². The van der Waals surface area contributed by atoms with Gasteiger partial charge < -0.3 is 9.80 Å². The molecule has 0 spiro atoms. The van der Waals surface area contributed by atoms with Gasteiger partial charge >= 0.3 is 0 Å². The highest BCUT2D eigenvalue weighted by atomic mass is 35.5. The van der Waals surface area contributed by atoms with Crippen LogP contribution in [0.1, 0.15) is 48.6 Å². The first-order valence-electron chi connectivity index (χ1n) is 13.9. The average molecular weight is 578 g/mol. The lowest BCUT2D eigenvalue weighted by Crippen LogP contribution is -2.37. The SMILES string of the molecule is CN(CC(C(=O)C(CN(C)C1CC1)c1cnn(-c2ccc(Cl)cc2)c1)c1cnn(-c2ccc(Cl)cc2)c1)C1CC1. The summed E-state index contributed by atoms with van der Waals surface area (Å²) < 4.78 is 3.65. The maximum absolute atomic E-state index is 14.6. The van der Waals surface area contributed by atoms with Crippen molar-refractivity contribution in [1.29, 1.82) is 0 Å². The van der Waals surface area contributed by atoms with Crippen LogP contribution in [0.25, 0.3) is 11.4 Å². The van der Waals surface area contributed by atoms with Crippen LogP contribution < -0.4 is 0 Å². The number of hydrogen-bond donors (Lipinski definition) is 0. The summed E-state index contributed by atoms with van der Waals surface area (Å²) in [6, 6.07) is 16.2. The van der Waals surface area contributed by atoms with Crippen molar-refractivity contribution in [1.82, 2.24) is 29.4 Å². The second-order valence-electron chi connectivity index (χ2n) is 11.2. The number of rotatable bonds is 12. The van der Waals surface area contributed by atoms with Crippen molar-refractivity contribution in [2.24, 2.45) is 0 Å². The molecule has 0 N–H and O–H groups in total. The van der Waals surface area contributed by atoms with E-state index in [4.69, 9.17) is 23.2 Å². The van der Waals surface area contributed by atoms with Gasteiger partial charge in [-0.15, -0.1) is 0 Å². The fraction of sp³-hybridized carbons (Fsp3) is 0.387. The van der Waals surface area contributed by atoms with Gasteiger partial charge in [0.25, 0.3) is 0 Å². The van der Waals surface area contributed by atoms with E-state index in [9.17, 15) is 4.79 Å². The van der Waals surface area contributed by atoms with E-state index >= 15 is 0 Å². The Kier molecular flexibility index (Phi) is 7.82. The number of aromatic nitrogens is 4. The predicted octanol–water partition coefficient (Wildman–Crippen LogP) is 5.99. The number of carbonyl (C=O) groups is 1. The van der Waals surface area contributed by atoms with E-state index in [2.05, 4.69) is 34.1 Å². The highest BCUT2D eigenvalue weighted by Crippen LogP contribution is 2.34. The summed E-state index contributed by atoms with van der Waals surface area (Å²) in [5, 5.41) is 10.6. The zero-order valence-electron chi connectivity index (χ0n) is 22.8. The van der Waals surface area contributed by atoms with Gasteiger partial charge in [-0.3, -0.25) is 4.79 Å². The van der Waals surface area contributed by atoms with Gasteiger partial charge in [-0.1, -0.05) is 23.2 Å². The molecule has 0 aliphatic heterocycles. The molecule has 2 atom stereocenters. The molecule has 7 nitrogen and oxygen atoms in total. The third-order valence-electron chi connectivity index (χ3n) is 8.16. The third-order valence-corrected chi connectivity index (χ3v) is 8.66. The molecule has 208 valence electrons. The highest BCUT2D eigenvalue weighted by molar-refractivity contribution is 6.30. The Morgan fingerprint density at radius 2 is 1.12 bits per heavy atom. The van der Waals surface area contributed by atoms with Crippen LogP contribution in [0.5, 0.6) is 0 Å². The Morgan fingerprint density at radius 3 is 1.48 bits per heavy atom. The lowest BCUT2D eigenvalue weighted by atomic mass is 9.85. The smallest absolute Gasteiger partial charge is 0.150 e. The second kappa shape index (κ2) is 11.5. The van der Waals surface area contributed by atoms with E-state index in [0.29, 0.717) is 35.2 Å². The molecule has 0 bridgehead atoms. The highest BCUT2D eigenvalue weighted by Gasteiger charge is 2.37. The fourth-order valence-corrected chi connectivity index (χ4v) is 5.62. The monoisotopic (exact) mass is 576 g/mol. The first-order chi connectivity index (χ1) is 19.4. The van der Waals surface area contributed by atoms with E-state index in [1.807, 2.05) is 82.7 Å². The lowest BCUT2D eigenvalue weighted by molar-refractivity contribution is -0.122. The number of ketones is 1. The molecule has 2 unspecified atom stereocenters. The topological polar surface area (TPSA) is 59.2 Å². The number of Topliss-reactive ketones (excluding diaryl/α,β-unsaturated/α-hetero) is 1. The van der Waals surface area contributed by atoms with Crippen LogP contribution >= 0.6 is 23.2 Å². The Bertz CT molecular complexity index is 1350. The third kappa shape index (κ3) is 6.18. The average Bonchev–Trinajstić information content (AvgIpc) is 3.89. The van der Waals surface area contributed by atoms with E-state index in [-0.39, 0.29) is 17.6 Å². The van der Waals surface area contributed by atoms with E-state index in [1.165, 1.54) is 25.7 Å². The van der Waals surface area contributed by atoms with Crippen molar-refractivity contribution < 1.29 is 4.79 Å². The molecule has 2 saturated carbocycles. The molecule has 2 aliphatic carbocycles. The summed E-state index contributed by atoms with van der Waals surface area (Å²) in [4.78, 5) is 19.3. The molecule has 0 saturated heterocycles. The molecule has 2 aromatic heterocycles. The normalized spacial score (nSPS) is 16.9. The van der Waals surface area contributed by atoms with Gasteiger partial charge in [0.15, 0.2) is 5.78 Å². The number of nitrogens with zero attached hydrogens (tertiary/aromatic N) is 6. The molecule has 2 fully saturated rings. The first-order valence-corrected chi connectivity index (χ1v) is 14.7. The van der Waals surface area contributed by atoms with E-state index in [0.717, 1.165) is 22.5 Å². The Morgan fingerprint density at radius 1 is 0.750 bits per heavy atom. The van der Waals surface area contributed by atoms with E-state index < -0.39 is 0 Å². The van der Waals surface area contributed by atoms with Crippen LogP contribution in [-0.4, -0.2) is 74.4 Å². The summed E-state index contributed by atoms with van der Waals surface area (Å²) in [5.41, 5.74) is 3.67. The van der Waals surface area contributed by atoms with Crippen molar-refractivity contribution in [3.05, 3.63) is 94.5 Å². The summed E-state index contributed by atoms with van der Waals surface area (Å²) in [6.07, 6.45) is 12.4. The van der Waals surface area contributed by atoms with Crippen molar-refractivity contribution in [3.63, 3.8) is 0 Å². The van der Waals surface area contributed by atoms with Crippen LogP contribution in [-0.2, 0) is 4.79 Å². The van der Waals surface area contributed by atoms with Gasteiger partial charge in [0, 0.05) is 58.7 Å². The summed E-state index contributed by atoms with van der Waals surface area (Å²) in [7, 11) is 4.26. The molecule has 40 heavy (non-hydrogen) atoms. The molecular formula is C31H34Cl2N6O. The maximum Gasteiger partial charge on any atom is 0.150 e. The number of benzene rings is 2. The Balaban J connectivity index is 1.33. The maximum atomic E-state index is 14.6. The molecule has 2 heterocycles. The number of hydrogen-bond acceptors (Lipinski definition) is 5. The van der Waals surface area contributed by atoms with Gasteiger partial charge in [-0.05, 0) is 88.3 Å². The van der Waals surface area contributed by atoms with Gasteiger partial charge in [-0.25, -0.2) is 9.36 Å². The van der Waals surface area contributed by atoms with Crippen molar-refractivity contribution in [3.8, 4) is 11.4 Å².